The molecule has 0 aromatic carbocycles. The molecule has 24 heavy (non-hydrogen) atoms. The third kappa shape index (κ3) is 3.43. The van der Waals surface area contributed by atoms with E-state index >= 15 is 0 Å². The molecule has 7 nitrogen and oxygen atoms in total. The molecular formula is C16H15N3O4S. The number of esters is 1. The summed E-state index contributed by atoms with van der Waals surface area (Å²) in [6.07, 6.45) is 3.75. The molecule has 0 radical (unpaired) electrons. The van der Waals surface area contributed by atoms with E-state index in [0.717, 1.165) is 12.1 Å². The first-order valence-corrected chi connectivity index (χ1v) is 8.21. The van der Waals surface area contributed by atoms with Crippen LogP contribution in [-0.2, 0) is 11.2 Å². The molecule has 0 fully saturated rings. The van der Waals surface area contributed by atoms with E-state index in [1.165, 1.54) is 28.4 Å². The Hall–Kier alpha value is -2.74. The number of hydrogen-bond acceptors (Lipinski definition) is 7. The second kappa shape index (κ2) is 6.79. The zero-order valence-corrected chi connectivity index (χ0v) is 14.0. The number of carbonyl (C=O) groups excluding carboxylic acids is 2. The summed E-state index contributed by atoms with van der Waals surface area (Å²) in [7, 11) is 0. The van der Waals surface area contributed by atoms with Gasteiger partial charge in [-0.15, -0.1) is 11.3 Å². The van der Waals surface area contributed by atoms with Crippen LogP contribution in [0.1, 0.15) is 39.3 Å². The Balaban J connectivity index is 1.62. The topological polar surface area (TPSA) is 87.2 Å². The Bertz CT molecular complexity index is 877. The van der Waals surface area contributed by atoms with Crippen LogP contribution in [0, 0.1) is 6.92 Å². The molecule has 0 spiro atoms. The van der Waals surface area contributed by atoms with Crippen molar-refractivity contribution in [3.63, 3.8) is 0 Å². The molecule has 0 atom stereocenters. The molecule has 0 aliphatic rings. The van der Waals surface area contributed by atoms with Crippen LogP contribution in [0.5, 0.6) is 0 Å². The van der Waals surface area contributed by atoms with Gasteiger partial charge in [-0.05, 0) is 25.5 Å². The summed E-state index contributed by atoms with van der Waals surface area (Å²) < 4.78 is 11.7. The molecule has 3 aromatic rings. The van der Waals surface area contributed by atoms with Crippen molar-refractivity contribution < 1.29 is 18.7 Å². The monoisotopic (exact) mass is 345 g/mol. The summed E-state index contributed by atoms with van der Waals surface area (Å²) in [5, 5.41) is 6.72. The van der Waals surface area contributed by atoms with Crippen LogP contribution in [-0.4, -0.2) is 33.1 Å². The smallest absolute Gasteiger partial charge is 0.341 e. The molecule has 0 bridgehead atoms. The van der Waals surface area contributed by atoms with Crippen molar-refractivity contribution in [2.24, 2.45) is 0 Å². The minimum absolute atomic E-state index is 0.172. The van der Waals surface area contributed by atoms with Gasteiger partial charge in [-0.1, -0.05) is 6.92 Å². The van der Waals surface area contributed by atoms with Crippen molar-refractivity contribution in [3.05, 3.63) is 52.7 Å². The Kier molecular flexibility index (Phi) is 4.57. The largest absolute Gasteiger partial charge is 0.458 e. The number of carbonyl (C=O) groups is 2. The maximum Gasteiger partial charge on any atom is 0.341 e. The van der Waals surface area contributed by atoms with Gasteiger partial charge in [0.15, 0.2) is 12.4 Å². The molecule has 3 heterocycles. The van der Waals surface area contributed by atoms with E-state index in [9.17, 15) is 9.59 Å². The van der Waals surface area contributed by atoms with Crippen LogP contribution in [0.4, 0.5) is 0 Å². The number of furan rings is 1. The van der Waals surface area contributed by atoms with Crippen LogP contribution in [0.2, 0.25) is 0 Å². The fraction of sp³-hybridized carbons (Fsp3) is 0.250. The first-order valence-electron chi connectivity index (χ1n) is 7.33. The highest BCUT2D eigenvalue weighted by atomic mass is 32.1. The number of ketones is 1. The summed E-state index contributed by atoms with van der Waals surface area (Å²) in [5.41, 5.74) is 1.22. The Labute approximate surface area is 141 Å². The van der Waals surface area contributed by atoms with Crippen molar-refractivity contribution in [2.75, 3.05) is 6.61 Å². The quantitative estimate of drug-likeness (QED) is 0.504. The van der Waals surface area contributed by atoms with E-state index in [0.29, 0.717) is 10.9 Å². The zero-order chi connectivity index (χ0) is 17.1. The molecule has 0 saturated heterocycles. The highest BCUT2D eigenvalue weighted by Crippen LogP contribution is 2.15. The van der Waals surface area contributed by atoms with E-state index in [2.05, 4.69) is 10.1 Å². The van der Waals surface area contributed by atoms with Crippen LogP contribution in [0.25, 0.3) is 5.13 Å². The van der Waals surface area contributed by atoms with Gasteiger partial charge in [0.2, 0.25) is 10.9 Å². The molecule has 0 saturated carbocycles. The van der Waals surface area contributed by atoms with Gasteiger partial charge in [0, 0.05) is 11.6 Å². The van der Waals surface area contributed by atoms with E-state index in [1.54, 1.807) is 19.1 Å². The van der Waals surface area contributed by atoms with Gasteiger partial charge in [-0.2, -0.15) is 5.10 Å². The summed E-state index contributed by atoms with van der Waals surface area (Å²) >= 11 is 1.44. The lowest BCUT2D eigenvalue weighted by atomic mass is 10.3. The van der Waals surface area contributed by atoms with Crippen LogP contribution >= 0.6 is 11.3 Å². The number of hydrogen-bond donors (Lipinski definition) is 0. The lowest BCUT2D eigenvalue weighted by molar-refractivity contribution is 0.0467. The summed E-state index contributed by atoms with van der Waals surface area (Å²) in [4.78, 5) is 28.3. The normalized spacial score (nSPS) is 10.8. The maximum absolute atomic E-state index is 12.0. The number of Topliss-reactive ketones (excluding diaryl/α,β-unsaturated/α-hetero) is 1. The van der Waals surface area contributed by atoms with Crippen molar-refractivity contribution in [3.8, 4) is 5.13 Å². The predicted molar refractivity (Wildman–Crippen MR) is 86.7 cm³/mol. The van der Waals surface area contributed by atoms with Gasteiger partial charge < -0.3 is 9.15 Å². The number of ether oxygens (including phenoxy) is 1. The van der Waals surface area contributed by atoms with Gasteiger partial charge in [0.05, 0.1) is 17.5 Å². The lowest BCUT2D eigenvalue weighted by Gasteiger charge is -2.00. The van der Waals surface area contributed by atoms with Gasteiger partial charge in [0.25, 0.3) is 0 Å². The summed E-state index contributed by atoms with van der Waals surface area (Å²) in [6.45, 7) is 3.37. The van der Waals surface area contributed by atoms with E-state index in [1.807, 2.05) is 12.3 Å². The molecule has 0 aliphatic carbocycles. The van der Waals surface area contributed by atoms with E-state index < -0.39 is 11.8 Å². The number of aromatic nitrogens is 3. The van der Waals surface area contributed by atoms with Crippen LogP contribution < -0.4 is 0 Å². The first kappa shape index (κ1) is 16.1. The third-order valence-electron chi connectivity index (χ3n) is 3.27. The fourth-order valence-electron chi connectivity index (χ4n) is 1.97. The number of rotatable bonds is 6. The minimum Gasteiger partial charge on any atom is -0.458 e. The second-order valence-corrected chi connectivity index (χ2v) is 5.89. The number of thiazole rings is 1. The Morgan fingerprint density at radius 3 is 2.88 bits per heavy atom. The SMILES string of the molecule is CCc1csc(-n2cc(C(=O)OCC(=O)c3ccc(C)o3)cn2)n1. The summed E-state index contributed by atoms with van der Waals surface area (Å²) in [5.74, 6) is -0.215. The van der Waals surface area contributed by atoms with Crippen LogP contribution in [0.15, 0.2) is 34.3 Å². The first-order chi connectivity index (χ1) is 11.6. The second-order valence-electron chi connectivity index (χ2n) is 5.06. The van der Waals surface area contributed by atoms with Crippen molar-refractivity contribution >= 4 is 23.1 Å². The molecule has 0 amide bonds. The minimum atomic E-state index is -0.620. The number of aryl methyl sites for hydroxylation is 2. The summed E-state index contributed by atoms with van der Waals surface area (Å²) in [6, 6.07) is 3.23. The molecular weight excluding hydrogens is 330 g/mol. The lowest BCUT2D eigenvalue weighted by Crippen LogP contribution is -2.13. The van der Waals surface area contributed by atoms with E-state index in [4.69, 9.17) is 9.15 Å². The van der Waals surface area contributed by atoms with Crippen molar-refractivity contribution in [1.29, 1.82) is 0 Å². The van der Waals surface area contributed by atoms with Gasteiger partial charge in [0.1, 0.15) is 5.76 Å². The Morgan fingerprint density at radius 2 is 2.21 bits per heavy atom. The highest BCUT2D eigenvalue weighted by Gasteiger charge is 2.16. The molecule has 3 aromatic heterocycles. The number of nitrogens with zero attached hydrogens (tertiary/aromatic N) is 3. The molecule has 0 aliphatic heterocycles. The molecule has 8 heteroatoms. The van der Waals surface area contributed by atoms with Crippen molar-refractivity contribution in [1.82, 2.24) is 14.8 Å². The fourth-order valence-corrected chi connectivity index (χ4v) is 2.81. The van der Waals surface area contributed by atoms with Gasteiger partial charge in [-0.25, -0.2) is 14.5 Å². The maximum atomic E-state index is 12.0. The van der Waals surface area contributed by atoms with Gasteiger partial charge >= 0.3 is 5.97 Å². The predicted octanol–water partition coefficient (Wildman–Crippen LogP) is 2.83. The molecule has 0 unspecified atom stereocenters. The molecule has 3 rings (SSSR count). The average molecular weight is 345 g/mol. The Morgan fingerprint density at radius 1 is 1.38 bits per heavy atom. The highest BCUT2D eigenvalue weighted by molar-refractivity contribution is 7.12. The standard InChI is InChI=1S/C16H15N3O4S/c1-3-12-9-24-16(18-12)19-7-11(6-17-19)15(21)22-8-13(20)14-5-4-10(2)23-14/h4-7,9H,3,8H2,1-2H3. The average Bonchev–Trinajstić information content (AvgIpc) is 3.31. The zero-order valence-electron chi connectivity index (χ0n) is 13.2. The van der Waals surface area contributed by atoms with Gasteiger partial charge in [-0.3, -0.25) is 4.79 Å². The van der Waals surface area contributed by atoms with Crippen LogP contribution in [0.3, 0.4) is 0 Å². The molecule has 0 N–H and O–H groups in total. The van der Waals surface area contributed by atoms with E-state index in [-0.39, 0.29) is 17.9 Å². The molecule has 124 valence electrons. The van der Waals surface area contributed by atoms with Crippen molar-refractivity contribution in [2.45, 2.75) is 20.3 Å². The third-order valence-corrected chi connectivity index (χ3v) is 4.14.